The summed E-state index contributed by atoms with van der Waals surface area (Å²) in [6.45, 7) is 3.37. The summed E-state index contributed by atoms with van der Waals surface area (Å²) in [5, 5.41) is 3.84. The van der Waals surface area contributed by atoms with Gasteiger partial charge in [-0.2, -0.15) is 0 Å². The lowest BCUT2D eigenvalue weighted by Crippen LogP contribution is -2.28. The van der Waals surface area contributed by atoms with E-state index in [4.69, 9.17) is 11.6 Å². The monoisotopic (exact) mass is 245 g/mol. The van der Waals surface area contributed by atoms with Crippen molar-refractivity contribution in [2.45, 2.75) is 13.3 Å². The van der Waals surface area contributed by atoms with Gasteiger partial charge in [0, 0.05) is 19.0 Å². The van der Waals surface area contributed by atoms with E-state index in [1.54, 1.807) is 0 Å². The number of carbonyl (C=O) groups excluding carboxylic acids is 1. The normalized spacial score (nSPS) is 20.9. The van der Waals surface area contributed by atoms with E-state index >= 15 is 0 Å². The molecule has 1 aromatic rings. The van der Waals surface area contributed by atoms with E-state index in [1.165, 1.54) is 11.5 Å². The number of amides is 1. The molecule has 0 N–H and O–H groups in total. The molecule has 1 amide bonds. The molecular formula is C9H12ClN3OS. The number of halogens is 1. The first-order valence-corrected chi connectivity index (χ1v) is 6.17. The highest BCUT2D eigenvalue weighted by Gasteiger charge is 2.28. The summed E-state index contributed by atoms with van der Waals surface area (Å²) in [6, 6.07) is 0. The number of alkyl halides is 1. The number of hydrogen-bond acceptors (Lipinski definition) is 4. The van der Waals surface area contributed by atoms with Crippen LogP contribution >= 0.6 is 23.1 Å². The van der Waals surface area contributed by atoms with Crippen LogP contribution in [0.3, 0.4) is 0 Å². The SMILES string of the molecule is Cc1nnsc1C(=O)N1CCC(CCl)C1. The number of hydrogen-bond donors (Lipinski definition) is 0. The maximum Gasteiger partial charge on any atom is 0.267 e. The standard InChI is InChI=1S/C9H12ClN3OS/c1-6-8(15-12-11-6)9(14)13-3-2-7(4-10)5-13/h7H,2-5H2,1H3. The predicted molar refractivity (Wildman–Crippen MR) is 59.4 cm³/mol. The first kappa shape index (κ1) is 10.8. The summed E-state index contributed by atoms with van der Waals surface area (Å²) in [6.07, 6.45) is 1.00. The number of nitrogens with zero attached hydrogens (tertiary/aromatic N) is 3. The van der Waals surface area contributed by atoms with Crippen molar-refractivity contribution in [2.24, 2.45) is 5.92 Å². The zero-order valence-corrected chi connectivity index (χ0v) is 10.0. The Balaban J connectivity index is 2.07. The Kier molecular flexibility index (Phi) is 3.21. The molecule has 1 unspecified atom stereocenters. The van der Waals surface area contributed by atoms with E-state index < -0.39 is 0 Å². The van der Waals surface area contributed by atoms with E-state index in [0.717, 1.165) is 25.2 Å². The Hall–Kier alpha value is -0.680. The molecule has 15 heavy (non-hydrogen) atoms. The molecule has 6 heteroatoms. The molecule has 4 nitrogen and oxygen atoms in total. The van der Waals surface area contributed by atoms with Crippen LogP contribution in [-0.4, -0.2) is 39.4 Å². The first-order valence-electron chi connectivity index (χ1n) is 4.86. The van der Waals surface area contributed by atoms with Crippen LogP contribution in [0.15, 0.2) is 0 Å². The Labute approximate surface area is 97.4 Å². The van der Waals surface area contributed by atoms with Crippen molar-refractivity contribution in [2.75, 3.05) is 19.0 Å². The highest BCUT2D eigenvalue weighted by atomic mass is 35.5. The van der Waals surface area contributed by atoms with Crippen molar-refractivity contribution in [1.82, 2.24) is 14.5 Å². The summed E-state index contributed by atoms with van der Waals surface area (Å²) in [5.41, 5.74) is 0.722. The first-order chi connectivity index (χ1) is 7.22. The van der Waals surface area contributed by atoms with E-state index in [0.29, 0.717) is 16.7 Å². The molecule has 0 bridgehead atoms. The van der Waals surface area contributed by atoms with Crippen LogP contribution in [0.2, 0.25) is 0 Å². The second kappa shape index (κ2) is 4.45. The van der Waals surface area contributed by atoms with Gasteiger partial charge in [-0.1, -0.05) is 4.49 Å². The molecule has 1 saturated heterocycles. The fourth-order valence-electron chi connectivity index (χ4n) is 1.71. The summed E-state index contributed by atoms with van der Waals surface area (Å²) < 4.78 is 3.77. The van der Waals surface area contributed by atoms with Crippen molar-refractivity contribution >= 4 is 29.0 Å². The average Bonchev–Trinajstić information content (AvgIpc) is 2.84. The maximum absolute atomic E-state index is 12.0. The Morgan fingerprint density at radius 2 is 2.53 bits per heavy atom. The molecular weight excluding hydrogens is 234 g/mol. The molecule has 1 atom stereocenters. The molecule has 1 aliphatic rings. The molecule has 1 fully saturated rings. The van der Waals surface area contributed by atoms with Crippen molar-refractivity contribution in [3.8, 4) is 0 Å². The quantitative estimate of drug-likeness (QED) is 0.743. The third-order valence-electron chi connectivity index (χ3n) is 2.64. The molecule has 1 aromatic heterocycles. The minimum absolute atomic E-state index is 0.0510. The van der Waals surface area contributed by atoms with Gasteiger partial charge in [-0.25, -0.2) is 0 Å². The maximum atomic E-state index is 12.0. The van der Waals surface area contributed by atoms with Crippen LogP contribution in [0.4, 0.5) is 0 Å². The molecule has 0 aromatic carbocycles. The molecule has 1 aliphatic heterocycles. The van der Waals surface area contributed by atoms with E-state index in [-0.39, 0.29) is 5.91 Å². The molecule has 0 aliphatic carbocycles. The number of carbonyl (C=O) groups is 1. The van der Waals surface area contributed by atoms with Crippen molar-refractivity contribution in [1.29, 1.82) is 0 Å². The number of likely N-dealkylation sites (tertiary alicyclic amines) is 1. The van der Waals surface area contributed by atoms with Gasteiger partial charge in [0.2, 0.25) is 0 Å². The minimum Gasteiger partial charge on any atom is -0.338 e. The second-order valence-electron chi connectivity index (χ2n) is 3.75. The molecule has 0 saturated carbocycles. The second-order valence-corrected chi connectivity index (χ2v) is 4.81. The third-order valence-corrected chi connectivity index (χ3v) is 3.89. The largest absolute Gasteiger partial charge is 0.338 e. The number of aryl methyl sites for hydroxylation is 1. The number of aromatic nitrogens is 2. The number of rotatable bonds is 2. The van der Waals surface area contributed by atoms with Crippen LogP contribution in [-0.2, 0) is 0 Å². The molecule has 0 radical (unpaired) electrons. The van der Waals surface area contributed by atoms with Gasteiger partial charge in [-0.15, -0.1) is 16.7 Å². The lowest BCUT2D eigenvalue weighted by molar-refractivity contribution is 0.0792. The van der Waals surface area contributed by atoms with Gasteiger partial charge in [0.1, 0.15) is 4.88 Å². The summed E-state index contributed by atoms with van der Waals surface area (Å²) in [5.74, 6) is 1.12. The fourth-order valence-corrected chi connectivity index (χ4v) is 2.59. The van der Waals surface area contributed by atoms with Crippen molar-refractivity contribution in [3.05, 3.63) is 10.6 Å². The molecule has 82 valence electrons. The van der Waals surface area contributed by atoms with Gasteiger partial charge in [0.15, 0.2) is 0 Å². The smallest absolute Gasteiger partial charge is 0.267 e. The van der Waals surface area contributed by atoms with Crippen molar-refractivity contribution in [3.63, 3.8) is 0 Å². The van der Waals surface area contributed by atoms with Gasteiger partial charge < -0.3 is 4.90 Å². The van der Waals surface area contributed by atoms with Gasteiger partial charge in [-0.3, -0.25) is 4.79 Å². The van der Waals surface area contributed by atoms with Gasteiger partial charge in [-0.05, 0) is 30.8 Å². The average molecular weight is 246 g/mol. The third kappa shape index (κ3) is 2.13. The Morgan fingerprint density at radius 1 is 1.73 bits per heavy atom. The highest BCUT2D eigenvalue weighted by molar-refractivity contribution is 7.07. The van der Waals surface area contributed by atoms with Crippen LogP contribution in [0.5, 0.6) is 0 Å². The van der Waals surface area contributed by atoms with Crippen LogP contribution < -0.4 is 0 Å². The fraction of sp³-hybridized carbons (Fsp3) is 0.667. The Bertz CT molecular complexity index is 368. The Morgan fingerprint density at radius 3 is 3.07 bits per heavy atom. The molecule has 2 heterocycles. The zero-order valence-electron chi connectivity index (χ0n) is 8.44. The zero-order chi connectivity index (χ0) is 10.8. The summed E-state index contributed by atoms with van der Waals surface area (Å²) in [4.78, 5) is 14.5. The van der Waals surface area contributed by atoms with Crippen LogP contribution in [0.25, 0.3) is 0 Å². The van der Waals surface area contributed by atoms with E-state index in [9.17, 15) is 4.79 Å². The van der Waals surface area contributed by atoms with E-state index in [1.807, 2.05) is 11.8 Å². The van der Waals surface area contributed by atoms with Gasteiger partial charge in [0.05, 0.1) is 5.69 Å². The topological polar surface area (TPSA) is 46.1 Å². The summed E-state index contributed by atoms with van der Waals surface area (Å²) in [7, 11) is 0. The minimum atomic E-state index is 0.0510. The highest BCUT2D eigenvalue weighted by Crippen LogP contribution is 2.21. The molecule has 0 spiro atoms. The molecule has 2 rings (SSSR count). The predicted octanol–water partition coefficient (Wildman–Crippen LogP) is 1.55. The summed E-state index contributed by atoms with van der Waals surface area (Å²) >= 11 is 6.94. The van der Waals surface area contributed by atoms with Crippen molar-refractivity contribution < 1.29 is 4.79 Å². The van der Waals surface area contributed by atoms with Gasteiger partial charge in [0.25, 0.3) is 5.91 Å². The van der Waals surface area contributed by atoms with E-state index in [2.05, 4.69) is 9.59 Å². The lowest BCUT2D eigenvalue weighted by atomic mass is 10.2. The van der Waals surface area contributed by atoms with Crippen LogP contribution in [0.1, 0.15) is 21.8 Å². The van der Waals surface area contributed by atoms with Gasteiger partial charge >= 0.3 is 0 Å². The van der Waals surface area contributed by atoms with Crippen LogP contribution in [0, 0.1) is 12.8 Å². The lowest BCUT2D eigenvalue weighted by Gasteiger charge is -2.14.